The normalized spacial score (nSPS) is 17.4. The van der Waals surface area contributed by atoms with E-state index in [4.69, 9.17) is 0 Å². The van der Waals surface area contributed by atoms with Gasteiger partial charge in [-0.25, -0.2) is 0 Å². The average Bonchev–Trinajstić information content (AvgIpc) is 3.62. The molecule has 2 heterocycles. The van der Waals surface area contributed by atoms with Crippen LogP contribution in [0, 0.1) is 11.8 Å². The van der Waals surface area contributed by atoms with Crippen LogP contribution in [0.3, 0.4) is 0 Å². The molecule has 0 bridgehead atoms. The third-order valence-corrected chi connectivity index (χ3v) is 13.0. The van der Waals surface area contributed by atoms with Crippen molar-refractivity contribution in [3.05, 3.63) is 0 Å². The SMILES string of the molecule is CCCCCCCCCCCCCCCCCCC1CC(=O)N(CCCCCCN2C(=O)CC(CCCCCCCCCCCCCCCCCC)C2=O)C1=O. The van der Waals surface area contributed by atoms with Crippen LogP contribution in [-0.2, 0) is 19.2 Å². The molecule has 0 aromatic carbocycles. The molecule has 0 radical (unpaired) electrons. The smallest absolute Gasteiger partial charge is 0.232 e. The van der Waals surface area contributed by atoms with Crippen molar-refractivity contribution in [3.63, 3.8) is 0 Å². The van der Waals surface area contributed by atoms with E-state index in [-0.39, 0.29) is 35.5 Å². The minimum absolute atomic E-state index is 0.000130. The molecular weight excluding hydrogens is 693 g/mol. The number of rotatable bonds is 41. The van der Waals surface area contributed by atoms with Gasteiger partial charge in [0.1, 0.15) is 0 Å². The van der Waals surface area contributed by atoms with E-state index in [9.17, 15) is 19.2 Å². The van der Waals surface area contributed by atoms with Crippen LogP contribution in [-0.4, -0.2) is 46.5 Å². The van der Waals surface area contributed by atoms with Gasteiger partial charge in [-0.1, -0.05) is 232 Å². The average molecular weight is 785 g/mol. The van der Waals surface area contributed by atoms with Gasteiger partial charge in [-0.05, 0) is 25.7 Å². The van der Waals surface area contributed by atoms with Crippen LogP contribution in [0.4, 0.5) is 0 Å². The van der Waals surface area contributed by atoms with Gasteiger partial charge in [-0.3, -0.25) is 29.0 Å². The highest BCUT2D eigenvalue weighted by atomic mass is 16.2. The first-order valence-electron chi connectivity index (χ1n) is 25.2. The zero-order valence-corrected chi connectivity index (χ0v) is 37.4. The molecule has 2 unspecified atom stereocenters. The van der Waals surface area contributed by atoms with E-state index < -0.39 is 0 Å². The summed E-state index contributed by atoms with van der Waals surface area (Å²) < 4.78 is 0. The number of nitrogens with zero attached hydrogens (tertiary/aromatic N) is 2. The number of carbonyl (C=O) groups excluding carboxylic acids is 4. The first-order valence-corrected chi connectivity index (χ1v) is 25.2. The molecule has 0 spiro atoms. The summed E-state index contributed by atoms with van der Waals surface area (Å²) in [5.74, 6) is -0.151. The van der Waals surface area contributed by atoms with Crippen LogP contribution >= 0.6 is 0 Å². The first kappa shape index (κ1) is 50.4. The van der Waals surface area contributed by atoms with Crippen molar-refractivity contribution in [2.24, 2.45) is 11.8 Å². The molecule has 2 atom stereocenters. The van der Waals surface area contributed by atoms with Crippen molar-refractivity contribution in [2.75, 3.05) is 13.1 Å². The molecule has 2 rings (SSSR count). The highest BCUT2D eigenvalue weighted by Gasteiger charge is 2.38. The van der Waals surface area contributed by atoms with Gasteiger partial charge in [-0.15, -0.1) is 0 Å². The quantitative estimate of drug-likeness (QED) is 0.0457. The van der Waals surface area contributed by atoms with Gasteiger partial charge < -0.3 is 0 Å². The minimum Gasteiger partial charge on any atom is -0.282 e. The van der Waals surface area contributed by atoms with Gasteiger partial charge in [0.25, 0.3) is 0 Å². The lowest BCUT2D eigenvalue weighted by Crippen LogP contribution is -2.32. The fourth-order valence-corrected chi connectivity index (χ4v) is 9.20. The third-order valence-electron chi connectivity index (χ3n) is 13.0. The van der Waals surface area contributed by atoms with Crippen LogP contribution in [0.1, 0.15) is 271 Å². The lowest BCUT2D eigenvalue weighted by molar-refractivity contribution is -0.141. The predicted molar refractivity (Wildman–Crippen MR) is 236 cm³/mol. The zero-order chi connectivity index (χ0) is 40.3. The standard InChI is InChI=1S/C50H92N2O4/c1-3-5-7-9-11-13-15-17-19-21-23-25-27-29-31-35-39-45-43-47(53)51(49(45)55)41-37-33-34-38-42-52-48(54)44-46(50(52)56)40-36-32-30-28-26-24-22-20-18-16-14-12-10-8-6-4-2/h45-46H,3-44H2,1-2H3. The Labute approximate surface area is 347 Å². The van der Waals surface area contributed by atoms with Crippen molar-refractivity contribution >= 4 is 23.6 Å². The zero-order valence-electron chi connectivity index (χ0n) is 37.4. The fourth-order valence-electron chi connectivity index (χ4n) is 9.20. The van der Waals surface area contributed by atoms with Crippen LogP contribution in [0.5, 0.6) is 0 Å². The fraction of sp³-hybridized carbons (Fsp3) is 0.920. The molecular formula is C50H92N2O4. The Hall–Kier alpha value is -1.72. The maximum absolute atomic E-state index is 13.0. The molecule has 2 aliphatic heterocycles. The number of hydrogen-bond acceptors (Lipinski definition) is 4. The minimum atomic E-state index is -0.117. The van der Waals surface area contributed by atoms with Gasteiger partial charge in [0.05, 0.1) is 0 Å². The first-order chi connectivity index (χ1) is 27.5. The number of amides is 4. The summed E-state index contributed by atoms with van der Waals surface area (Å²) >= 11 is 0. The summed E-state index contributed by atoms with van der Waals surface area (Å²) in [6, 6.07) is 0. The van der Waals surface area contributed by atoms with Crippen molar-refractivity contribution in [1.82, 2.24) is 9.80 Å². The van der Waals surface area contributed by atoms with Crippen LogP contribution in [0.15, 0.2) is 0 Å². The van der Waals surface area contributed by atoms with E-state index in [1.54, 1.807) is 0 Å². The Morgan fingerprint density at radius 3 is 0.786 bits per heavy atom. The van der Waals surface area contributed by atoms with E-state index in [1.807, 2.05) is 0 Å². The highest BCUT2D eigenvalue weighted by Crippen LogP contribution is 2.28. The summed E-state index contributed by atoms with van der Waals surface area (Å²) in [5.41, 5.74) is 0. The third kappa shape index (κ3) is 24.3. The lowest BCUT2D eigenvalue weighted by Gasteiger charge is -2.16. The van der Waals surface area contributed by atoms with Crippen LogP contribution < -0.4 is 0 Å². The Balaban J connectivity index is 1.38. The second kappa shape index (κ2) is 35.2. The lowest BCUT2D eigenvalue weighted by atomic mass is 9.98. The Bertz CT molecular complexity index is 920. The van der Waals surface area contributed by atoms with Crippen molar-refractivity contribution < 1.29 is 19.2 Å². The molecule has 0 aromatic heterocycles. The molecule has 4 amide bonds. The highest BCUT2D eigenvalue weighted by molar-refractivity contribution is 6.04. The summed E-state index contributed by atoms with van der Waals surface area (Å²) in [6.45, 7) is 5.58. The number of carbonyl (C=O) groups is 4. The Morgan fingerprint density at radius 1 is 0.321 bits per heavy atom. The monoisotopic (exact) mass is 785 g/mol. The molecule has 56 heavy (non-hydrogen) atoms. The molecule has 2 saturated heterocycles. The Morgan fingerprint density at radius 2 is 0.536 bits per heavy atom. The van der Waals surface area contributed by atoms with E-state index in [2.05, 4.69) is 13.8 Å². The van der Waals surface area contributed by atoms with Crippen molar-refractivity contribution in [2.45, 2.75) is 271 Å². The predicted octanol–water partition coefficient (Wildman–Crippen LogP) is 14.6. The van der Waals surface area contributed by atoms with Crippen molar-refractivity contribution in [3.8, 4) is 0 Å². The molecule has 326 valence electrons. The van der Waals surface area contributed by atoms with Gasteiger partial charge in [-0.2, -0.15) is 0 Å². The summed E-state index contributed by atoms with van der Waals surface area (Å²) in [4.78, 5) is 54.2. The Kier molecular flexibility index (Phi) is 31.7. The number of likely N-dealkylation sites (tertiary alicyclic amines) is 2. The van der Waals surface area contributed by atoms with Crippen molar-refractivity contribution in [1.29, 1.82) is 0 Å². The van der Waals surface area contributed by atoms with E-state index in [1.165, 1.54) is 190 Å². The van der Waals surface area contributed by atoms with Gasteiger partial charge >= 0.3 is 0 Å². The molecule has 2 aliphatic rings. The van der Waals surface area contributed by atoms with Crippen LogP contribution in [0.2, 0.25) is 0 Å². The molecule has 0 N–H and O–H groups in total. The van der Waals surface area contributed by atoms with Gasteiger partial charge in [0, 0.05) is 37.8 Å². The van der Waals surface area contributed by atoms with Gasteiger partial charge in [0.15, 0.2) is 0 Å². The van der Waals surface area contributed by atoms with Gasteiger partial charge in [0.2, 0.25) is 23.6 Å². The summed E-state index contributed by atoms with van der Waals surface area (Å²) in [6.07, 6.45) is 48.7. The van der Waals surface area contributed by atoms with E-state index in [0.717, 1.165) is 64.2 Å². The van der Waals surface area contributed by atoms with Crippen LogP contribution in [0.25, 0.3) is 0 Å². The molecule has 0 saturated carbocycles. The van der Waals surface area contributed by atoms with E-state index >= 15 is 0 Å². The molecule has 6 nitrogen and oxygen atoms in total. The van der Waals surface area contributed by atoms with E-state index in [0.29, 0.717) is 25.9 Å². The summed E-state index contributed by atoms with van der Waals surface area (Å²) in [7, 11) is 0. The number of imide groups is 2. The number of hydrogen-bond donors (Lipinski definition) is 0. The molecule has 2 fully saturated rings. The largest absolute Gasteiger partial charge is 0.282 e. The maximum atomic E-state index is 13.0. The topological polar surface area (TPSA) is 74.8 Å². The second-order valence-electron chi connectivity index (χ2n) is 18.2. The number of unbranched alkanes of at least 4 members (excludes halogenated alkanes) is 33. The second-order valence-corrected chi connectivity index (χ2v) is 18.2. The maximum Gasteiger partial charge on any atom is 0.232 e. The molecule has 0 aromatic rings. The molecule has 6 heteroatoms. The summed E-state index contributed by atoms with van der Waals surface area (Å²) in [5, 5.41) is 0. The molecule has 0 aliphatic carbocycles.